The van der Waals surface area contributed by atoms with E-state index in [4.69, 9.17) is 11.6 Å². The van der Waals surface area contributed by atoms with Crippen LogP contribution < -0.4 is 21.5 Å². The highest BCUT2D eigenvalue weighted by Gasteiger charge is 2.13. The lowest BCUT2D eigenvalue weighted by molar-refractivity contribution is -0.684. The van der Waals surface area contributed by atoms with Crippen LogP contribution in [0.1, 0.15) is 16.7 Å². The SMILES string of the molecule is Cc1cc(Cl)cc(C)c1CC(=O)C[n+]1ccccc1.[Br-]. The third-order valence-electron chi connectivity index (χ3n) is 3.17. The zero-order valence-electron chi connectivity index (χ0n) is 11.6. The summed E-state index contributed by atoms with van der Waals surface area (Å²) in [4.78, 5) is 12.1. The second kappa shape index (κ2) is 7.55. The van der Waals surface area contributed by atoms with E-state index in [2.05, 4.69) is 0 Å². The first-order valence-corrected chi connectivity index (χ1v) is 6.65. The molecule has 0 atom stereocenters. The van der Waals surface area contributed by atoms with Gasteiger partial charge in [0.2, 0.25) is 12.3 Å². The van der Waals surface area contributed by atoms with Crippen LogP contribution in [0.15, 0.2) is 42.7 Å². The maximum absolute atomic E-state index is 12.1. The van der Waals surface area contributed by atoms with Crippen LogP contribution in [0.2, 0.25) is 5.02 Å². The van der Waals surface area contributed by atoms with Gasteiger partial charge in [0, 0.05) is 23.6 Å². The fourth-order valence-corrected chi connectivity index (χ4v) is 2.54. The molecule has 0 saturated carbocycles. The van der Waals surface area contributed by atoms with Gasteiger partial charge in [-0.05, 0) is 42.7 Å². The maximum atomic E-state index is 12.1. The number of halogens is 2. The van der Waals surface area contributed by atoms with Gasteiger partial charge in [-0.25, -0.2) is 0 Å². The minimum absolute atomic E-state index is 0. The van der Waals surface area contributed by atoms with E-state index in [9.17, 15) is 4.79 Å². The monoisotopic (exact) mass is 353 g/mol. The Morgan fingerprint density at radius 2 is 1.65 bits per heavy atom. The summed E-state index contributed by atoms with van der Waals surface area (Å²) >= 11 is 6.00. The van der Waals surface area contributed by atoms with Crippen LogP contribution >= 0.6 is 11.6 Å². The molecule has 106 valence electrons. The number of benzene rings is 1. The largest absolute Gasteiger partial charge is 1.00 e. The molecule has 1 heterocycles. The van der Waals surface area contributed by atoms with Crippen molar-refractivity contribution in [1.29, 1.82) is 0 Å². The summed E-state index contributed by atoms with van der Waals surface area (Å²) in [6.45, 7) is 4.40. The number of pyridine rings is 1. The van der Waals surface area contributed by atoms with E-state index in [1.165, 1.54) is 0 Å². The highest BCUT2D eigenvalue weighted by atomic mass is 79.9. The highest BCUT2D eigenvalue weighted by Crippen LogP contribution is 2.20. The molecule has 20 heavy (non-hydrogen) atoms. The van der Waals surface area contributed by atoms with E-state index in [-0.39, 0.29) is 22.8 Å². The van der Waals surface area contributed by atoms with Gasteiger partial charge in [0.05, 0.1) is 0 Å². The first-order valence-electron chi connectivity index (χ1n) is 6.27. The van der Waals surface area contributed by atoms with Crippen LogP contribution in [-0.4, -0.2) is 5.78 Å². The lowest BCUT2D eigenvalue weighted by atomic mass is 9.98. The van der Waals surface area contributed by atoms with E-state index in [0.717, 1.165) is 21.7 Å². The molecular formula is C16H17BrClNO. The van der Waals surface area contributed by atoms with Crippen LogP contribution in [0.3, 0.4) is 0 Å². The molecule has 0 saturated heterocycles. The molecule has 0 aliphatic carbocycles. The number of aryl methyl sites for hydroxylation is 2. The van der Waals surface area contributed by atoms with Crippen LogP contribution in [0.4, 0.5) is 0 Å². The molecule has 0 unspecified atom stereocenters. The Bertz CT molecular complexity index is 576. The van der Waals surface area contributed by atoms with Crippen LogP contribution in [0.5, 0.6) is 0 Å². The van der Waals surface area contributed by atoms with Gasteiger partial charge in [0.25, 0.3) is 0 Å². The summed E-state index contributed by atoms with van der Waals surface area (Å²) in [5.41, 5.74) is 3.25. The summed E-state index contributed by atoms with van der Waals surface area (Å²) < 4.78 is 1.89. The predicted octanol–water partition coefficient (Wildman–Crippen LogP) is 0.0601. The molecular weight excluding hydrogens is 338 g/mol. The van der Waals surface area contributed by atoms with Crippen molar-refractivity contribution < 1.29 is 26.3 Å². The Hall–Kier alpha value is -1.19. The Morgan fingerprint density at radius 3 is 2.20 bits per heavy atom. The van der Waals surface area contributed by atoms with Crippen molar-refractivity contribution in [2.24, 2.45) is 0 Å². The number of hydrogen-bond donors (Lipinski definition) is 0. The number of nitrogens with zero attached hydrogens (tertiary/aromatic N) is 1. The molecule has 1 aromatic heterocycles. The van der Waals surface area contributed by atoms with Gasteiger partial charge >= 0.3 is 0 Å². The zero-order valence-corrected chi connectivity index (χ0v) is 13.9. The number of carbonyl (C=O) groups is 1. The van der Waals surface area contributed by atoms with Gasteiger partial charge in [-0.2, -0.15) is 4.57 Å². The molecule has 0 aliphatic rings. The number of carbonyl (C=O) groups excluding carboxylic acids is 1. The fraction of sp³-hybridized carbons (Fsp3) is 0.250. The van der Waals surface area contributed by atoms with Crippen molar-refractivity contribution in [3.8, 4) is 0 Å². The number of ketones is 1. The van der Waals surface area contributed by atoms with Crippen molar-refractivity contribution in [1.82, 2.24) is 0 Å². The highest BCUT2D eigenvalue weighted by molar-refractivity contribution is 6.30. The molecule has 0 N–H and O–H groups in total. The molecule has 2 aromatic rings. The zero-order chi connectivity index (χ0) is 13.8. The van der Waals surface area contributed by atoms with Gasteiger partial charge in [-0.1, -0.05) is 17.7 Å². The Balaban J connectivity index is 0.00000200. The lowest BCUT2D eigenvalue weighted by Crippen LogP contribution is -3.00. The average Bonchev–Trinajstić information content (AvgIpc) is 2.35. The second-order valence-corrected chi connectivity index (χ2v) is 5.22. The smallest absolute Gasteiger partial charge is 0.206 e. The Morgan fingerprint density at radius 1 is 1.10 bits per heavy atom. The summed E-state index contributed by atoms with van der Waals surface area (Å²) in [7, 11) is 0. The molecule has 0 aliphatic heterocycles. The summed E-state index contributed by atoms with van der Waals surface area (Å²) in [6.07, 6.45) is 4.26. The van der Waals surface area contributed by atoms with E-state index in [0.29, 0.717) is 13.0 Å². The first kappa shape index (κ1) is 16.9. The third kappa shape index (κ3) is 4.43. The van der Waals surface area contributed by atoms with Crippen molar-refractivity contribution in [2.75, 3.05) is 0 Å². The molecule has 0 amide bonds. The molecule has 0 fully saturated rings. The number of hydrogen-bond acceptors (Lipinski definition) is 1. The number of rotatable bonds is 4. The molecule has 0 spiro atoms. The molecule has 2 rings (SSSR count). The van der Waals surface area contributed by atoms with Gasteiger partial charge in [0.15, 0.2) is 12.4 Å². The fourth-order valence-electron chi connectivity index (χ4n) is 2.22. The minimum Gasteiger partial charge on any atom is -1.00 e. The van der Waals surface area contributed by atoms with Gasteiger partial charge in [-0.15, -0.1) is 0 Å². The summed E-state index contributed by atoms with van der Waals surface area (Å²) in [5.74, 6) is 0.199. The number of aromatic nitrogens is 1. The third-order valence-corrected chi connectivity index (χ3v) is 3.39. The molecule has 1 aromatic carbocycles. The molecule has 4 heteroatoms. The van der Waals surface area contributed by atoms with Crippen LogP contribution in [0.25, 0.3) is 0 Å². The Kier molecular flexibility index (Phi) is 6.37. The predicted molar refractivity (Wildman–Crippen MR) is 76.3 cm³/mol. The first-order chi connectivity index (χ1) is 9.06. The van der Waals surface area contributed by atoms with Crippen molar-refractivity contribution >= 4 is 17.4 Å². The topological polar surface area (TPSA) is 20.9 Å². The van der Waals surface area contributed by atoms with Crippen LogP contribution in [-0.2, 0) is 17.8 Å². The van der Waals surface area contributed by atoms with Gasteiger partial charge in [-0.3, -0.25) is 4.79 Å². The van der Waals surface area contributed by atoms with Crippen molar-refractivity contribution in [2.45, 2.75) is 26.8 Å². The number of Topliss-reactive ketones (excluding diaryl/α,β-unsaturated/α-hetero) is 1. The molecule has 0 radical (unpaired) electrons. The average molecular weight is 355 g/mol. The summed E-state index contributed by atoms with van der Waals surface area (Å²) in [5, 5.41) is 0.726. The Labute approximate surface area is 135 Å². The lowest BCUT2D eigenvalue weighted by Gasteiger charge is -2.09. The van der Waals surface area contributed by atoms with Crippen LogP contribution in [0, 0.1) is 13.8 Å². The van der Waals surface area contributed by atoms with E-state index in [1.54, 1.807) is 0 Å². The van der Waals surface area contributed by atoms with E-state index < -0.39 is 0 Å². The molecule has 0 bridgehead atoms. The van der Waals surface area contributed by atoms with E-state index >= 15 is 0 Å². The van der Waals surface area contributed by atoms with E-state index in [1.807, 2.05) is 61.1 Å². The normalized spacial score (nSPS) is 9.95. The minimum atomic E-state index is 0. The van der Waals surface area contributed by atoms with Gasteiger partial charge < -0.3 is 17.0 Å². The van der Waals surface area contributed by atoms with Gasteiger partial charge in [0.1, 0.15) is 0 Å². The second-order valence-electron chi connectivity index (χ2n) is 4.78. The standard InChI is InChI=1S/C16H17ClNO.BrH/c1-12-8-14(17)9-13(2)16(12)10-15(19)11-18-6-4-3-5-7-18;/h3-9H,10-11H2,1-2H3;1H/q+1;/p-1. The maximum Gasteiger partial charge on any atom is 0.206 e. The van der Waals surface area contributed by atoms with Crippen molar-refractivity contribution in [3.63, 3.8) is 0 Å². The summed E-state index contributed by atoms with van der Waals surface area (Å²) in [6, 6.07) is 9.60. The quantitative estimate of drug-likeness (QED) is 0.712. The molecule has 2 nitrogen and oxygen atoms in total. The van der Waals surface area contributed by atoms with Crippen molar-refractivity contribution in [3.05, 3.63) is 64.4 Å².